The van der Waals surface area contributed by atoms with Gasteiger partial charge in [-0.05, 0) is 38.0 Å². The van der Waals surface area contributed by atoms with Crippen molar-refractivity contribution in [2.24, 2.45) is 16.8 Å². The van der Waals surface area contributed by atoms with Crippen molar-refractivity contribution in [1.29, 1.82) is 0 Å². The van der Waals surface area contributed by atoms with Gasteiger partial charge >= 0.3 is 0 Å². The highest BCUT2D eigenvalue weighted by molar-refractivity contribution is 5.79. The Labute approximate surface area is 111 Å². The minimum absolute atomic E-state index is 0.568. The van der Waals surface area contributed by atoms with Crippen LogP contribution in [0, 0.1) is 5.92 Å². The standard InChI is InChI=1S/C13H28N4O/c1-11-5-7-12(8-6-11)17(2)13(16-14)15-9-4-10-18-3/h11-12H,4-10,14H2,1-3H3,(H,15,16). The van der Waals surface area contributed by atoms with E-state index in [1.54, 1.807) is 7.11 Å². The van der Waals surface area contributed by atoms with E-state index in [1.807, 2.05) is 0 Å². The van der Waals surface area contributed by atoms with Crippen molar-refractivity contribution in [3.8, 4) is 0 Å². The Kier molecular flexibility index (Phi) is 7.05. The van der Waals surface area contributed by atoms with Gasteiger partial charge in [0.2, 0.25) is 5.96 Å². The lowest BCUT2D eigenvalue weighted by molar-refractivity contribution is 0.196. The summed E-state index contributed by atoms with van der Waals surface area (Å²) in [7, 11) is 3.79. The average molecular weight is 256 g/mol. The first-order chi connectivity index (χ1) is 8.69. The number of nitrogens with one attached hydrogen (secondary N) is 1. The fourth-order valence-corrected chi connectivity index (χ4v) is 2.46. The maximum absolute atomic E-state index is 5.57. The number of hydrazine groups is 1. The van der Waals surface area contributed by atoms with E-state index in [1.165, 1.54) is 25.7 Å². The van der Waals surface area contributed by atoms with Crippen molar-refractivity contribution in [3.05, 3.63) is 0 Å². The van der Waals surface area contributed by atoms with Crippen molar-refractivity contribution < 1.29 is 4.74 Å². The number of ether oxygens (including phenoxy) is 1. The Hall–Kier alpha value is -0.810. The molecule has 1 saturated carbocycles. The minimum atomic E-state index is 0.568. The summed E-state index contributed by atoms with van der Waals surface area (Å²) in [4.78, 5) is 6.69. The molecule has 0 aromatic heterocycles. The molecule has 0 spiro atoms. The molecule has 3 N–H and O–H groups in total. The molecule has 0 bridgehead atoms. The second kappa shape index (κ2) is 8.32. The quantitative estimate of drug-likeness (QED) is 0.256. The summed E-state index contributed by atoms with van der Waals surface area (Å²) in [6, 6.07) is 0.568. The number of nitrogens with two attached hydrogens (primary N) is 1. The van der Waals surface area contributed by atoms with Crippen LogP contribution in [0.5, 0.6) is 0 Å². The lowest BCUT2D eigenvalue weighted by Gasteiger charge is -2.35. The maximum Gasteiger partial charge on any atom is 0.208 e. The predicted octanol–water partition coefficient (Wildman–Crippen LogP) is 1.35. The number of aliphatic imine (C=N–C) groups is 1. The van der Waals surface area contributed by atoms with Gasteiger partial charge in [-0.1, -0.05) is 6.92 Å². The third kappa shape index (κ3) is 4.82. The largest absolute Gasteiger partial charge is 0.385 e. The molecule has 1 aliphatic rings. The molecule has 0 aliphatic heterocycles. The molecule has 0 radical (unpaired) electrons. The summed E-state index contributed by atoms with van der Waals surface area (Å²) in [5.41, 5.74) is 2.72. The van der Waals surface area contributed by atoms with Gasteiger partial charge in [0.1, 0.15) is 0 Å². The molecule has 18 heavy (non-hydrogen) atoms. The highest BCUT2D eigenvalue weighted by atomic mass is 16.5. The van der Waals surface area contributed by atoms with Gasteiger partial charge in [0.25, 0.3) is 0 Å². The van der Waals surface area contributed by atoms with E-state index in [9.17, 15) is 0 Å². The number of hydrogen-bond acceptors (Lipinski definition) is 3. The highest BCUT2D eigenvalue weighted by Crippen LogP contribution is 2.26. The lowest BCUT2D eigenvalue weighted by atomic mass is 9.87. The van der Waals surface area contributed by atoms with Crippen molar-refractivity contribution in [1.82, 2.24) is 10.3 Å². The fraction of sp³-hybridized carbons (Fsp3) is 0.923. The van der Waals surface area contributed by atoms with Crippen LogP contribution in [0.1, 0.15) is 39.0 Å². The van der Waals surface area contributed by atoms with Crippen molar-refractivity contribution >= 4 is 5.96 Å². The van der Waals surface area contributed by atoms with Gasteiger partial charge in [0.15, 0.2) is 0 Å². The van der Waals surface area contributed by atoms with Crippen LogP contribution in [-0.2, 0) is 4.74 Å². The van der Waals surface area contributed by atoms with Crippen LogP contribution >= 0.6 is 0 Å². The molecule has 1 aliphatic carbocycles. The first-order valence-electron chi connectivity index (χ1n) is 6.91. The van der Waals surface area contributed by atoms with Crippen molar-refractivity contribution in [2.75, 3.05) is 27.3 Å². The number of guanidine groups is 1. The van der Waals surface area contributed by atoms with Crippen LogP contribution in [-0.4, -0.2) is 44.2 Å². The molecule has 106 valence electrons. The second-order valence-corrected chi connectivity index (χ2v) is 5.22. The van der Waals surface area contributed by atoms with Crippen LogP contribution < -0.4 is 11.3 Å². The highest BCUT2D eigenvalue weighted by Gasteiger charge is 2.23. The molecule has 1 fully saturated rings. The van der Waals surface area contributed by atoms with Crippen molar-refractivity contribution in [3.63, 3.8) is 0 Å². The molecule has 0 aromatic carbocycles. The van der Waals surface area contributed by atoms with Gasteiger partial charge in [-0.3, -0.25) is 10.4 Å². The number of rotatable bonds is 5. The molecule has 5 heteroatoms. The average Bonchev–Trinajstić information content (AvgIpc) is 2.39. The number of hydrogen-bond donors (Lipinski definition) is 2. The van der Waals surface area contributed by atoms with E-state index >= 15 is 0 Å². The summed E-state index contributed by atoms with van der Waals surface area (Å²) >= 11 is 0. The number of nitrogens with zero attached hydrogens (tertiary/aromatic N) is 2. The van der Waals surface area contributed by atoms with Gasteiger partial charge in [0, 0.05) is 33.4 Å². The first-order valence-corrected chi connectivity index (χ1v) is 6.91. The summed E-state index contributed by atoms with van der Waals surface area (Å²) in [5.74, 6) is 7.23. The van der Waals surface area contributed by atoms with E-state index in [0.717, 1.165) is 31.4 Å². The predicted molar refractivity (Wildman–Crippen MR) is 75.3 cm³/mol. The Morgan fingerprint density at radius 2 is 2.06 bits per heavy atom. The SMILES string of the molecule is COCCCN=C(NN)N(C)C1CCC(C)CC1. The molecule has 0 aromatic rings. The Balaban J connectivity index is 2.42. The van der Waals surface area contributed by atoms with E-state index in [4.69, 9.17) is 10.6 Å². The van der Waals surface area contributed by atoms with Gasteiger partial charge < -0.3 is 9.64 Å². The van der Waals surface area contributed by atoms with Crippen LogP contribution in [0.25, 0.3) is 0 Å². The molecule has 0 unspecified atom stereocenters. The molecule has 1 rings (SSSR count). The zero-order valence-corrected chi connectivity index (χ0v) is 12.0. The molecular formula is C13H28N4O. The fourth-order valence-electron chi connectivity index (χ4n) is 2.46. The third-order valence-corrected chi connectivity index (χ3v) is 3.76. The Morgan fingerprint density at radius 1 is 1.39 bits per heavy atom. The van der Waals surface area contributed by atoms with Crippen LogP contribution in [0.4, 0.5) is 0 Å². The lowest BCUT2D eigenvalue weighted by Crippen LogP contribution is -2.48. The van der Waals surface area contributed by atoms with E-state index in [2.05, 4.69) is 29.3 Å². The Morgan fingerprint density at radius 3 is 2.61 bits per heavy atom. The summed E-state index contributed by atoms with van der Waals surface area (Å²) < 4.78 is 5.01. The first kappa shape index (κ1) is 15.2. The van der Waals surface area contributed by atoms with E-state index in [-0.39, 0.29) is 0 Å². The molecule has 0 saturated heterocycles. The summed E-state index contributed by atoms with van der Waals surface area (Å²) in [6.45, 7) is 3.82. The molecule has 0 heterocycles. The van der Waals surface area contributed by atoms with E-state index in [0.29, 0.717) is 6.04 Å². The Bertz CT molecular complexity index is 249. The van der Waals surface area contributed by atoms with Gasteiger partial charge in [-0.2, -0.15) is 0 Å². The molecule has 0 amide bonds. The van der Waals surface area contributed by atoms with Gasteiger partial charge in [-0.25, -0.2) is 5.84 Å². The zero-order chi connectivity index (χ0) is 13.4. The monoisotopic (exact) mass is 256 g/mol. The maximum atomic E-state index is 5.57. The molecular weight excluding hydrogens is 228 g/mol. The topological polar surface area (TPSA) is 62.9 Å². The van der Waals surface area contributed by atoms with Crippen LogP contribution in [0.3, 0.4) is 0 Å². The van der Waals surface area contributed by atoms with E-state index < -0.39 is 0 Å². The zero-order valence-electron chi connectivity index (χ0n) is 12.0. The minimum Gasteiger partial charge on any atom is -0.385 e. The normalized spacial score (nSPS) is 25.0. The third-order valence-electron chi connectivity index (χ3n) is 3.76. The van der Waals surface area contributed by atoms with Gasteiger partial charge in [0.05, 0.1) is 0 Å². The van der Waals surface area contributed by atoms with Crippen LogP contribution in [0.15, 0.2) is 4.99 Å². The molecule has 0 atom stereocenters. The summed E-state index contributed by atoms with van der Waals surface area (Å²) in [5, 5.41) is 0. The smallest absolute Gasteiger partial charge is 0.208 e. The van der Waals surface area contributed by atoms with Crippen LogP contribution in [0.2, 0.25) is 0 Å². The van der Waals surface area contributed by atoms with Gasteiger partial charge in [-0.15, -0.1) is 0 Å². The number of methoxy groups -OCH3 is 1. The summed E-state index contributed by atoms with van der Waals surface area (Å²) in [6.07, 6.45) is 6.00. The second-order valence-electron chi connectivity index (χ2n) is 5.22. The molecule has 5 nitrogen and oxygen atoms in total. The van der Waals surface area contributed by atoms with Crippen molar-refractivity contribution in [2.45, 2.75) is 45.1 Å².